The fourth-order valence-electron chi connectivity index (χ4n) is 3.22. The number of sulfonamides is 1. The van der Waals surface area contributed by atoms with Crippen molar-refractivity contribution in [1.29, 1.82) is 0 Å². The molecule has 1 aliphatic heterocycles. The number of nitrogens with zero attached hydrogens (tertiary/aromatic N) is 1. The predicted octanol–water partition coefficient (Wildman–Crippen LogP) is 1.94. The fraction of sp³-hybridized carbons (Fsp3) is 0.923. The lowest BCUT2D eigenvalue weighted by molar-refractivity contribution is -0.143. The Kier molecular flexibility index (Phi) is 4.58. The highest BCUT2D eigenvalue weighted by molar-refractivity contribution is 7.89. The molecule has 5 nitrogen and oxygen atoms in total. The third-order valence-corrected chi connectivity index (χ3v) is 6.65. The molecule has 1 aliphatic carbocycles. The number of hydrogen-bond acceptors (Lipinski definition) is 3. The number of carboxylic acid groups (broad SMARTS) is 1. The van der Waals surface area contributed by atoms with E-state index in [2.05, 4.69) is 0 Å². The summed E-state index contributed by atoms with van der Waals surface area (Å²) in [5.74, 6) is -6.46. The largest absolute Gasteiger partial charge is 0.481 e. The molecule has 2 rings (SSSR count). The topological polar surface area (TPSA) is 74.7 Å². The molecule has 1 saturated carbocycles. The van der Waals surface area contributed by atoms with Gasteiger partial charge in [0.1, 0.15) is 0 Å². The van der Waals surface area contributed by atoms with E-state index in [1.165, 1.54) is 0 Å². The molecule has 0 amide bonds. The van der Waals surface area contributed by atoms with Crippen LogP contribution in [0.4, 0.5) is 8.78 Å². The smallest absolute Gasteiger partial charge is 0.307 e. The average Bonchev–Trinajstić information content (AvgIpc) is 2.68. The quantitative estimate of drug-likeness (QED) is 0.857. The van der Waals surface area contributed by atoms with Gasteiger partial charge in [-0.2, -0.15) is 4.31 Å². The number of piperidine rings is 1. The van der Waals surface area contributed by atoms with E-state index in [1.54, 1.807) is 6.92 Å². The predicted molar refractivity (Wildman–Crippen MR) is 72.6 cm³/mol. The standard InChI is InChI=1S/C13H21F2NO4S/c1-9-4-5-10(12(17)18)7-16(9)21(19,20)8-11-3-2-6-13(11,14)15/h9-11H,2-8H2,1H3,(H,17,18). The lowest BCUT2D eigenvalue weighted by atomic mass is 9.96. The molecule has 21 heavy (non-hydrogen) atoms. The van der Waals surface area contributed by atoms with Crippen LogP contribution < -0.4 is 0 Å². The van der Waals surface area contributed by atoms with Gasteiger partial charge in [0, 0.05) is 24.9 Å². The zero-order chi connectivity index (χ0) is 15.8. The van der Waals surface area contributed by atoms with E-state index in [0.717, 1.165) is 4.31 Å². The summed E-state index contributed by atoms with van der Waals surface area (Å²) in [6.07, 6.45) is 1.14. The van der Waals surface area contributed by atoms with Crippen molar-refractivity contribution in [2.75, 3.05) is 12.3 Å². The van der Waals surface area contributed by atoms with Crippen LogP contribution >= 0.6 is 0 Å². The number of carboxylic acids is 1. The zero-order valence-electron chi connectivity index (χ0n) is 12.0. The zero-order valence-corrected chi connectivity index (χ0v) is 12.8. The van der Waals surface area contributed by atoms with Crippen LogP contribution in [0.2, 0.25) is 0 Å². The number of carbonyl (C=O) groups is 1. The summed E-state index contributed by atoms with van der Waals surface area (Å²) in [6.45, 7) is 1.58. The molecular formula is C13H21F2NO4S. The van der Waals surface area contributed by atoms with Crippen LogP contribution in [-0.4, -0.2) is 48.1 Å². The molecule has 1 saturated heterocycles. The third-order valence-electron chi connectivity index (χ3n) is 4.60. The van der Waals surface area contributed by atoms with E-state index < -0.39 is 39.5 Å². The minimum absolute atomic E-state index is 0.114. The normalized spacial score (nSPS) is 34.0. The molecule has 2 aliphatic rings. The Morgan fingerprint density at radius 2 is 2.00 bits per heavy atom. The van der Waals surface area contributed by atoms with E-state index in [9.17, 15) is 22.0 Å². The highest BCUT2D eigenvalue weighted by Crippen LogP contribution is 2.41. The van der Waals surface area contributed by atoms with Gasteiger partial charge in [0.05, 0.1) is 11.7 Å². The van der Waals surface area contributed by atoms with Gasteiger partial charge < -0.3 is 5.11 Å². The Morgan fingerprint density at radius 1 is 1.33 bits per heavy atom. The second-order valence-corrected chi connectivity index (χ2v) is 8.13. The van der Waals surface area contributed by atoms with Gasteiger partial charge in [-0.3, -0.25) is 4.79 Å². The van der Waals surface area contributed by atoms with E-state index in [-0.39, 0.29) is 25.4 Å². The SMILES string of the molecule is CC1CCC(C(=O)O)CN1S(=O)(=O)CC1CCCC1(F)F. The highest BCUT2D eigenvalue weighted by atomic mass is 32.2. The lowest BCUT2D eigenvalue weighted by Gasteiger charge is -2.36. The maximum Gasteiger partial charge on any atom is 0.307 e. The van der Waals surface area contributed by atoms with Crippen molar-refractivity contribution in [3.05, 3.63) is 0 Å². The molecule has 0 bridgehead atoms. The van der Waals surface area contributed by atoms with Gasteiger partial charge in [0.2, 0.25) is 10.0 Å². The maximum absolute atomic E-state index is 13.6. The van der Waals surface area contributed by atoms with Crippen LogP contribution in [0.5, 0.6) is 0 Å². The summed E-state index contributed by atoms with van der Waals surface area (Å²) in [5, 5.41) is 9.03. The van der Waals surface area contributed by atoms with Crippen LogP contribution in [-0.2, 0) is 14.8 Å². The van der Waals surface area contributed by atoms with Gasteiger partial charge in [0.15, 0.2) is 0 Å². The second-order valence-electron chi connectivity index (χ2n) is 6.16. The molecule has 0 aromatic carbocycles. The number of rotatable bonds is 4. The van der Waals surface area contributed by atoms with Gasteiger partial charge in [-0.25, -0.2) is 17.2 Å². The molecule has 3 unspecified atom stereocenters. The number of aliphatic carboxylic acids is 1. The molecule has 8 heteroatoms. The molecule has 0 spiro atoms. The van der Waals surface area contributed by atoms with Crippen molar-refractivity contribution in [3.8, 4) is 0 Å². The molecular weight excluding hydrogens is 304 g/mol. The number of hydrogen-bond donors (Lipinski definition) is 1. The first-order chi connectivity index (χ1) is 9.63. The summed E-state index contributed by atoms with van der Waals surface area (Å²) in [4.78, 5) is 11.0. The van der Waals surface area contributed by atoms with E-state index in [0.29, 0.717) is 19.3 Å². The van der Waals surface area contributed by atoms with Gasteiger partial charge in [0.25, 0.3) is 5.92 Å². The van der Waals surface area contributed by atoms with Gasteiger partial charge in [-0.05, 0) is 32.6 Å². The maximum atomic E-state index is 13.6. The second kappa shape index (κ2) is 5.79. The third kappa shape index (κ3) is 3.53. The van der Waals surface area contributed by atoms with Gasteiger partial charge in [-0.1, -0.05) is 0 Å². The first-order valence-electron chi connectivity index (χ1n) is 7.23. The van der Waals surface area contributed by atoms with Gasteiger partial charge >= 0.3 is 5.97 Å². The Hall–Kier alpha value is -0.760. The van der Waals surface area contributed by atoms with Crippen molar-refractivity contribution in [3.63, 3.8) is 0 Å². The van der Waals surface area contributed by atoms with Crippen molar-refractivity contribution in [2.45, 2.75) is 51.0 Å². The van der Waals surface area contributed by atoms with Crippen molar-refractivity contribution < 1.29 is 27.1 Å². The summed E-state index contributed by atoms with van der Waals surface area (Å²) in [6, 6.07) is -0.333. The first-order valence-corrected chi connectivity index (χ1v) is 8.84. The molecule has 0 aromatic heterocycles. The fourth-order valence-corrected chi connectivity index (χ4v) is 5.39. The summed E-state index contributed by atoms with van der Waals surface area (Å²) >= 11 is 0. The van der Waals surface area contributed by atoms with E-state index in [4.69, 9.17) is 5.11 Å². The average molecular weight is 325 g/mol. The van der Waals surface area contributed by atoms with Crippen LogP contribution in [0.3, 0.4) is 0 Å². The molecule has 0 aromatic rings. The van der Waals surface area contributed by atoms with Crippen LogP contribution in [0.1, 0.15) is 39.0 Å². The molecule has 0 radical (unpaired) electrons. The monoisotopic (exact) mass is 325 g/mol. The molecule has 1 N–H and O–H groups in total. The van der Waals surface area contributed by atoms with E-state index >= 15 is 0 Å². The van der Waals surface area contributed by atoms with Crippen LogP contribution in [0.25, 0.3) is 0 Å². The Bertz CT molecular complexity index is 508. The van der Waals surface area contributed by atoms with Gasteiger partial charge in [-0.15, -0.1) is 0 Å². The van der Waals surface area contributed by atoms with Crippen molar-refractivity contribution >= 4 is 16.0 Å². The van der Waals surface area contributed by atoms with Crippen LogP contribution in [0.15, 0.2) is 0 Å². The Morgan fingerprint density at radius 3 is 2.52 bits per heavy atom. The summed E-state index contributed by atoms with van der Waals surface area (Å²) in [5.41, 5.74) is 0. The minimum atomic E-state index is -3.86. The first kappa shape index (κ1) is 16.6. The molecule has 2 fully saturated rings. The van der Waals surface area contributed by atoms with Crippen molar-refractivity contribution in [1.82, 2.24) is 4.31 Å². The molecule has 3 atom stereocenters. The number of alkyl halides is 2. The van der Waals surface area contributed by atoms with Crippen LogP contribution in [0, 0.1) is 11.8 Å². The summed E-state index contributed by atoms with van der Waals surface area (Å²) < 4.78 is 53.2. The van der Waals surface area contributed by atoms with E-state index in [1.807, 2.05) is 0 Å². The minimum Gasteiger partial charge on any atom is -0.481 e. The summed E-state index contributed by atoms with van der Waals surface area (Å²) in [7, 11) is -3.86. The lowest BCUT2D eigenvalue weighted by Crippen LogP contribution is -2.49. The highest BCUT2D eigenvalue weighted by Gasteiger charge is 2.47. The molecule has 122 valence electrons. The Labute approximate surface area is 123 Å². The number of halogens is 2. The van der Waals surface area contributed by atoms with Crippen molar-refractivity contribution in [2.24, 2.45) is 11.8 Å². The Balaban J connectivity index is 2.12. The molecule has 1 heterocycles.